The highest BCUT2D eigenvalue weighted by Crippen LogP contribution is 2.14. The van der Waals surface area contributed by atoms with Crippen LogP contribution in [0.3, 0.4) is 0 Å². The van der Waals surface area contributed by atoms with Crippen LogP contribution in [-0.4, -0.2) is 27.3 Å². The van der Waals surface area contributed by atoms with Crippen LogP contribution in [0.15, 0.2) is 4.99 Å². The van der Waals surface area contributed by atoms with Crippen molar-refractivity contribution >= 4 is 29.9 Å². The predicted molar refractivity (Wildman–Crippen MR) is 86.5 cm³/mol. The summed E-state index contributed by atoms with van der Waals surface area (Å²) in [6, 6.07) is 0. The van der Waals surface area contributed by atoms with Gasteiger partial charge >= 0.3 is 0 Å². The zero-order chi connectivity index (χ0) is 13.0. The van der Waals surface area contributed by atoms with E-state index in [4.69, 9.17) is 5.73 Å². The number of nitrogens with two attached hydrogens (primary N) is 1. The van der Waals surface area contributed by atoms with Crippen LogP contribution in [0.4, 0.5) is 0 Å². The normalized spacial score (nSPS) is 15.0. The van der Waals surface area contributed by atoms with Gasteiger partial charge in [0, 0.05) is 19.5 Å². The molecule has 0 radical (unpaired) electrons. The van der Waals surface area contributed by atoms with E-state index in [0.29, 0.717) is 18.4 Å². The number of fused-ring (bicyclic) bond motifs is 1. The third-order valence-corrected chi connectivity index (χ3v) is 3.02. The van der Waals surface area contributed by atoms with E-state index in [-0.39, 0.29) is 24.0 Å². The fraction of sp³-hybridized carbons (Fsp3) is 0.750. The molecule has 0 amide bonds. The zero-order valence-corrected chi connectivity index (χ0v) is 13.9. The Morgan fingerprint density at radius 1 is 1.42 bits per heavy atom. The van der Waals surface area contributed by atoms with Gasteiger partial charge in [0.25, 0.3) is 0 Å². The molecule has 19 heavy (non-hydrogen) atoms. The maximum atomic E-state index is 5.80. The Kier molecular flexibility index (Phi) is 6.53. The topological polar surface area (TPSA) is 81.1 Å². The number of aliphatic imine (C=N–C) groups is 1. The van der Waals surface area contributed by atoms with Crippen molar-refractivity contribution in [2.24, 2.45) is 16.6 Å². The average Bonchev–Trinajstić information content (AvgIpc) is 2.77. The molecule has 0 bridgehead atoms. The number of aromatic nitrogens is 3. The van der Waals surface area contributed by atoms with Crippen molar-refractivity contribution in [3.8, 4) is 0 Å². The Morgan fingerprint density at radius 3 is 2.95 bits per heavy atom. The highest BCUT2D eigenvalue weighted by atomic mass is 127. The number of guanidine groups is 1. The lowest BCUT2D eigenvalue weighted by atomic mass is 10.2. The molecular weight excluding hydrogens is 355 g/mol. The van der Waals surface area contributed by atoms with E-state index in [2.05, 4.69) is 38.9 Å². The van der Waals surface area contributed by atoms with Gasteiger partial charge in [-0.2, -0.15) is 0 Å². The van der Waals surface area contributed by atoms with Crippen LogP contribution in [0.2, 0.25) is 0 Å². The monoisotopic (exact) mass is 378 g/mol. The first-order valence-corrected chi connectivity index (χ1v) is 6.61. The Labute approximate surface area is 131 Å². The molecule has 1 aliphatic heterocycles. The van der Waals surface area contributed by atoms with E-state index in [1.807, 2.05) is 0 Å². The van der Waals surface area contributed by atoms with Gasteiger partial charge in [-0.05, 0) is 18.8 Å². The lowest BCUT2D eigenvalue weighted by Gasteiger charge is -2.14. The minimum atomic E-state index is 0. The molecule has 3 N–H and O–H groups in total. The first-order chi connectivity index (χ1) is 8.66. The second kappa shape index (κ2) is 7.66. The molecule has 0 aliphatic carbocycles. The maximum Gasteiger partial charge on any atom is 0.189 e. The number of hydrogen-bond donors (Lipinski definition) is 2. The summed E-state index contributed by atoms with van der Waals surface area (Å²) >= 11 is 0. The van der Waals surface area contributed by atoms with Crippen LogP contribution >= 0.6 is 24.0 Å². The Morgan fingerprint density at radius 2 is 2.21 bits per heavy atom. The molecule has 108 valence electrons. The molecular formula is C12H23IN6. The van der Waals surface area contributed by atoms with Gasteiger partial charge in [0.05, 0.1) is 0 Å². The lowest BCUT2D eigenvalue weighted by molar-refractivity contribution is 0.508. The van der Waals surface area contributed by atoms with E-state index < -0.39 is 0 Å². The predicted octanol–water partition coefficient (Wildman–Crippen LogP) is 1.29. The van der Waals surface area contributed by atoms with Crippen molar-refractivity contribution in [1.82, 2.24) is 20.1 Å². The molecule has 0 unspecified atom stereocenters. The summed E-state index contributed by atoms with van der Waals surface area (Å²) < 4.78 is 2.17. The largest absolute Gasteiger partial charge is 0.370 e. The molecule has 1 aliphatic rings. The second-order valence-corrected chi connectivity index (χ2v) is 5.12. The third-order valence-electron chi connectivity index (χ3n) is 3.02. The van der Waals surface area contributed by atoms with Crippen molar-refractivity contribution in [3.63, 3.8) is 0 Å². The average molecular weight is 378 g/mol. The molecule has 1 aromatic rings. The number of halogens is 1. The van der Waals surface area contributed by atoms with Gasteiger partial charge in [0.15, 0.2) is 11.8 Å². The first kappa shape index (κ1) is 16.2. The van der Waals surface area contributed by atoms with Gasteiger partial charge in [-0.1, -0.05) is 13.8 Å². The summed E-state index contributed by atoms with van der Waals surface area (Å²) in [6.45, 7) is 6.62. The summed E-state index contributed by atoms with van der Waals surface area (Å²) in [7, 11) is 0. The van der Waals surface area contributed by atoms with E-state index in [0.717, 1.165) is 31.2 Å². The highest BCUT2D eigenvalue weighted by Gasteiger charge is 2.14. The first-order valence-electron chi connectivity index (χ1n) is 6.61. The number of rotatable bonds is 4. The van der Waals surface area contributed by atoms with Crippen LogP contribution in [0.5, 0.6) is 0 Å². The molecule has 0 atom stereocenters. The van der Waals surface area contributed by atoms with Crippen LogP contribution < -0.4 is 11.1 Å². The van der Waals surface area contributed by atoms with Gasteiger partial charge in [0.1, 0.15) is 12.4 Å². The van der Waals surface area contributed by atoms with Crippen LogP contribution in [-0.2, 0) is 19.5 Å². The molecule has 0 aromatic carbocycles. The van der Waals surface area contributed by atoms with E-state index in [1.165, 1.54) is 12.8 Å². The summed E-state index contributed by atoms with van der Waals surface area (Å²) in [5, 5.41) is 11.5. The highest BCUT2D eigenvalue weighted by molar-refractivity contribution is 14.0. The number of nitrogens with one attached hydrogen (secondary N) is 1. The van der Waals surface area contributed by atoms with Crippen molar-refractivity contribution in [1.29, 1.82) is 0 Å². The summed E-state index contributed by atoms with van der Waals surface area (Å²) in [5.41, 5.74) is 5.80. The number of hydrogen-bond acceptors (Lipinski definition) is 3. The summed E-state index contributed by atoms with van der Waals surface area (Å²) in [4.78, 5) is 4.31. The van der Waals surface area contributed by atoms with Gasteiger partial charge < -0.3 is 15.6 Å². The molecule has 0 saturated carbocycles. The van der Waals surface area contributed by atoms with E-state index in [9.17, 15) is 0 Å². The molecule has 2 heterocycles. The lowest BCUT2D eigenvalue weighted by Crippen LogP contribution is -2.34. The quantitative estimate of drug-likeness (QED) is 0.470. The maximum absolute atomic E-state index is 5.80. The Balaban J connectivity index is 0.00000180. The molecule has 2 rings (SSSR count). The van der Waals surface area contributed by atoms with Gasteiger partial charge in [0.2, 0.25) is 0 Å². The van der Waals surface area contributed by atoms with Crippen LogP contribution in [0, 0.1) is 5.92 Å². The summed E-state index contributed by atoms with van der Waals surface area (Å²) in [6.07, 6.45) is 3.43. The van der Waals surface area contributed by atoms with Crippen LogP contribution in [0.1, 0.15) is 38.3 Å². The Hall–Kier alpha value is -0.860. The summed E-state index contributed by atoms with van der Waals surface area (Å²) in [5.74, 6) is 3.04. The van der Waals surface area contributed by atoms with Crippen molar-refractivity contribution in [2.75, 3.05) is 6.54 Å². The van der Waals surface area contributed by atoms with Crippen molar-refractivity contribution in [2.45, 2.75) is 46.2 Å². The van der Waals surface area contributed by atoms with Crippen molar-refractivity contribution in [3.05, 3.63) is 11.6 Å². The standard InChI is InChI=1S/C12H22N6.HI/c1-9(2)7-14-12(13)15-8-11-17-16-10-5-3-4-6-18(10)11;/h9H,3-8H2,1-2H3,(H3,13,14,15);1H. The second-order valence-electron chi connectivity index (χ2n) is 5.12. The van der Waals surface area contributed by atoms with Gasteiger partial charge in [-0.3, -0.25) is 0 Å². The molecule has 7 heteroatoms. The van der Waals surface area contributed by atoms with Gasteiger partial charge in [-0.25, -0.2) is 4.99 Å². The molecule has 1 aromatic heterocycles. The Bertz CT molecular complexity index is 426. The zero-order valence-electron chi connectivity index (χ0n) is 11.6. The van der Waals surface area contributed by atoms with Crippen LogP contribution in [0.25, 0.3) is 0 Å². The third kappa shape index (κ3) is 4.63. The smallest absolute Gasteiger partial charge is 0.189 e. The van der Waals surface area contributed by atoms with Gasteiger partial charge in [-0.15, -0.1) is 34.2 Å². The van der Waals surface area contributed by atoms with E-state index in [1.54, 1.807) is 0 Å². The fourth-order valence-corrected chi connectivity index (χ4v) is 2.01. The number of aryl methyl sites for hydroxylation is 1. The molecule has 0 spiro atoms. The molecule has 0 saturated heterocycles. The van der Waals surface area contributed by atoms with E-state index >= 15 is 0 Å². The number of nitrogens with zero attached hydrogens (tertiary/aromatic N) is 4. The molecule has 0 fully saturated rings. The minimum absolute atomic E-state index is 0. The molecule has 6 nitrogen and oxygen atoms in total. The van der Waals surface area contributed by atoms with Crippen molar-refractivity contribution < 1.29 is 0 Å². The minimum Gasteiger partial charge on any atom is -0.370 e. The fourth-order valence-electron chi connectivity index (χ4n) is 2.01. The SMILES string of the molecule is CC(C)CNC(N)=NCc1nnc2n1CCCC2.I.